The maximum atomic E-state index is 9.92. The topological polar surface area (TPSA) is 54.0 Å². The van der Waals surface area contributed by atoms with Crippen LogP contribution in [0.4, 0.5) is 0 Å². The molecule has 1 aromatic rings. The Hall–Kier alpha value is -1.30. The fourth-order valence-electron chi connectivity index (χ4n) is 3.31. The molecule has 1 atom stereocenters. The summed E-state index contributed by atoms with van der Waals surface area (Å²) < 4.78 is 11.1. The number of nitrogens with zero attached hydrogens (tertiary/aromatic N) is 1. The van der Waals surface area contributed by atoms with Crippen molar-refractivity contribution in [3.05, 3.63) is 23.8 Å². The number of nitrogens with one attached hydrogen (secondary N) is 1. The molecule has 1 saturated heterocycles. The molecule has 1 aromatic carbocycles. The van der Waals surface area contributed by atoms with Crippen LogP contribution in [0.5, 0.6) is 11.5 Å². The van der Waals surface area contributed by atoms with Crippen molar-refractivity contribution in [3.63, 3.8) is 0 Å². The summed E-state index contributed by atoms with van der Waals surface area (Å²) in [7, 11) is 1.67. The van der Waals surface area contributed by atoms with Crippen molar-refractivity contribution in [2.45, 2.75) is 26.8 Å². The number of aliphatic hydroxyl groups is 1. The van der Waals surface area contributed by atoms with E-state index in [2.05, 4.69) is 36.2 Å². The Bertz CT molecular complexity index is 499. The Balaban J connectivity index is 2.38. The lowest BCUT2D eigenvalue weighted by Crippen LogP contribution is -2.49. The van der Waals surface area contributed by atoms with E-state index >= 15 is 0 Å². The fourth-order valence-corrected chi connectivity index (χ4v) is 3.31. The van der Waals surface area contributed by atoms with Crippen molar-refractivity contribution in [2.75, 3.05) is 46.5 Å². The third-order valence-corrected chi connectivity index (χ3v) is 4.47. The van der Waals surface area contributed by atoms with Crippen LogP contribution in [0.2, 0.25) is 0 Å². The summed E-state index contributed by atoms with van der Waals surface area (Å²) in [6.45, 7) is 10.8. The molecule has 0 aliphatic carbocycles. The predicted octanol–water partition coefficient (Wildman–Crippen LogP) is 2.06. The molecule has 0 aromatic heterocycles. The van der Waals surface area contributed by atoms with Crippen LogP contribution in [0, 0.1) is 5.41 Å². The minimum atomic E-state index is -0.241. The minimum absolute atomic E-state index is 0.136. The lowest BCUT2D eigenvalue weighted by Gasteiger charge is -2.43. The number of piperazine rings is 1. The number of hydrogen-bond acceptors (Lipinski definition) is 5. The molecule has 0 amide bonds. The molecule has 0 bridgehead atoms. The van der Waals surface area contributed by atoms with Gasteiger partial charge in [0.2, 0.25) is 0 Å². The van der Waals surface area contributed by atoms with Gasteiger partial charge in [0.15, 0.2) is 11.5 Å². The summed E-state index contributed by atoms with van der Waals surface area (Å²) in [5.74, 6) is 1.51. The number of methoxy groups -OCH3 is 1. The van der Waals surface area contributed by atoms with Crippen LogP contribution in [0.1, 0.15) is 32.4 Å². The Morgan fingerprint density at radius 3 is 2.52 bits per heavy atom. The minimum Gasteiger partial charge on any atom is -0.493 e. The van der Waals surface area contributed by atoms with Crippen molar-refractivity contribution in [2.24, 2.45) is 5.41 Å². The zero-order valence-electron chi connectivity index (χ0n) is 14.8. The molecular formula is C18H30N2O3. The fraction of sp³-hybridized carbons (Fsp3) is 0.667. The average molecular weight is 322 g/mol. The summed E-state index contributed by atoms with van der Waals surface area (Å²) in [4.78, 5) is 2.45. The summed E-state index contributed by atoms with van der Waals surface area (Å²) in [5, 5.41) is 13.3. The van der Waals surface area contributed by atoms with Gasteiger partial charge in [-0.05, 0) is 24.6 Å². The van der Waals surface area contributed by atoms with E-state index in [0.717, 1.165) is 43.2 Å². The first kappa shape index (κ1) is 18.0. The van der Waals surface area contributed by atoms with E-state index in [1.807, 2.05) is 13.0 Å². The first-order valence-corrected chi connectivity index (χ1v) is 8.40. The van der Waals surface area contributed by atoms with Gasteiger partial charge in [-0.1, -0.05) is 19.9 Å². The van der Waals surface area contributed by atoms with E-state index in [0.29, 0.717) is 6.61 Å². The molecule has 0 spiro atoms. The molecule has 130 valence electrons. The van der Waals surface area contributed by atoms with Crippen molar-refractivity contribution in [3.8, 4) is 11.5 Å². The average Bonchev–Trinajstić information content (AvgIpc) is 2.57. The van der Waals surface area contributed by atoms with Crippen LogP contribution >= 0.6 is 0 Å². The second kappa shape index (κ2) is 7.99. The normalized spacial score (nSPS) is 17.8. The molecule has 1 aliphatic rings. The van der Waals surface area contributed by atoms with Gasteiger partial charge in [-0.3, -0.25) is 4.90 Å². The molecule has 5 heteroatoms. The summed E-state index contributed by atoms with van der Waals surface area (Å²) in [6.07, 6.45) is 0. The van der Waals surface area contributed by atoms with Gasteiger partial charge in [-0.2, -0.15) is 0 Å². The van der Waals surface area contributed by atoms with Gasteiger partial charge in [0, 0.05) is 44.2 Å². The Kier molecular flexibility index (Phi) is 6.27. The van der Waals surface area contributed by atoms with E-state index in [4.69, 9.17) is 9.47 Å². The van der Waals surface area contributed by atoms with E-state index < -0.39 is 0 Å². The Labute approximate surface area is 139 Å². The standard InChI is InChI=1S/C18H30N2O3/c1-5-23-15-7-6-14(12-16(15)22-4)17(18(2,3)13-21)20-10-8-19-9-11-20/h6-7,12,17,19,21H,5,8-11,13H2,1-4H3/t17-/m1/s1. The largest absolute Gasteiger partial charge is 0.493 e. The SMILES string of the molecule is CCOc1ccc([C@@H](N2CCNCC2)C(C)(C)CO)cc1OC. The lowest BCUT2D eigenvalue weighted by molar-refractivity contribution is 0.0304. The third-order valence-electron chi connectivity index (χ3n) is 4.47. The van der Waals surface area contributed by atoms with Crippen LogP contribution < -0.4 is 14.8 Å². The molecule has 2 N–H and O–H groups in total. The van der Waals surface area contributed by atoms with Crippen molar-refractivity contribution < 1.29 is 14.6 Å². The van der Waals surface area contributed by atoms with E-state index in [1.165, 1.54) is 0 Å². The first-order valence-electron chi connectivity index (χ1n) is 8.40. The zero-order valence-corrected chi connectivity index (χ0v) is 14.8. The highest BCUT2D eigenvalue weighted by molar-refractivity contribution is 5.44. The lowest BCUT2D eigenvalue weighted by atomic mass is 9.79. The maximum absolute atomic E-state index is 9.92. The van der Waals surface area contributed by atoms with Crippen LogP contribution in [0.25, 0.3) is 0 Å². The molecule has 1 heterocycles. The highest BCUT2D eigenvalue weighted by atomic mass is 16.5. The van der Waals surface area contributed by atoms with Gasteiger partial charge in [0.25, 0.3) is 0 Å². The summed E-state index contributed by atoms with van der Waals surface area (Å²) in [6, 6.07) is 6.26. The Morgan fingerprint density at radius 2 is 1.96 bits per heavy atom. The maximum Gasteiger partial charge on any atom is 0.161 e. The molecular weight excluding hydrogens is 292 g/mol. The Morgan fingerprint density at radius 1 is 1.26 bits per heavy atom. The highest BCUT2D eigenvalue weighted by Gasteiger charge is 2.36. The molecule has 0 unspecified atom stereocenters. The van der Waals surface area contributed by atoms with Crippen LogP contribution in [0.3, 0.4) is 0 Å². The third kappa shape index (κ3) is 4.16. The van der Waals surface area contributed by atoms with Crippen LogP contribution in [-0.4, -0.2) is 56.5 Å². The molecule has 2 rings (SSSR count). The highest BCUT2D eigenvalue weighted by Crippen LogP contribution is 2.41. The van der Waals surface area contributed by atoms with Gasteiger partial charge in [-0.15, -0.1) is 0 Å². The molecule has 23 heavy (non-hydrogen) atoms. The number of ether oxygens (including phenoxy) is 2. The number of rotatable bonds is 7. The van der Waals surface area contributed by atoms with Gasteiger partial charge >= 0.3 is 0 Å². The summed E-state index contributed by atoms with van der Waals surface area (Å²) in [5.41, 5.74) is 0.918. The summed E-state index contributed by atoms with van der Waals surface area (Å²) >= 11 is 0. The monoisotopic (exact) mass is 322 g/mol. The van der Waals surface area contributed by atoms with E-state index in [9.17, 15) is 5.11 Å². The van der Waals surface area contributed by atoms with Crippen molar-refractivity contribution in [1.82, 2.24) is 10.2 Å². The smallest absolute Gasteiger partial charge is 0.161 e. The molecule has 1 aliphatic heterocycles. The van der Waals surface area contributed by atoms with Gasteiger partial charge < -0.3 is 19.9 Å². The predicted molar refractivity (Wildman–Crippen MR) is 92.2 cm³/mol. The number of benzene rings is 1. The van der Waals surface area contributed by atoms with Gasteiger partial charge in [-0.25, -0.2) is 0 Å². The number of aliphatic hydroxyl groups excluding tert-OH is 1. The van der Waals surface area contributed by atoms with E-state index in [-0.39, 0.29) is 18.1 Å². The second-order valence-electron chi connectivity index (χ2n) is 6.68. The first-order chi connectivity index (χ1) is 11.0. The van der Waals surface area contributed by atoms with Crippen LogP contribution in [0.15, 0.2) is 18.2 Å². The molecule has 0 saturated carbocycles. The second-order valence-corrected chi connectivity index (χ2v) is 6.68. The van der Waals surface area contributed by atoms with Crippen molar-refractivity contribution >= 4 is 0 Å². The van der Waals surface area contributed by atoms with Crippen molar-refractivity contribution in [1.29, 1.82) is 0 Å². The zero-order chi connectivity index (χ0) is 16.9. The van der Waals surface area contributed by atoms with Gasteiger partial charge in [0.05, 0.1) is 13.7 Å². The quantitative estimate of drug-likeness (QED) is 0.805. The molecule has 1 fully saturated rings. The van der Waals surface area contributed by atoms with E-state index in [1.54, 1.807) is 7.11 Å². The molecule has 0 radical (unpaired) electrons. The van der Waals surface area contributed by atoms with Gasteiger partial charge in [0.1, 0.15) is 0 Å². The number of hydrogen-bond donors (Lipinski definition) is 2. The van der Waals surface area contributed by atoms with Crippen LogP contribution in [-0.2, 0) is 0 Å². The molecule has 5 nitrogen and oxygen atoms in total.